The van der Waals surface area contributed by atoms with Gasteiger partial charge in [-0.25, -0.2) is 0 Å². The summed E-state index contributed by atoms with van der Waals surface area (Å²) >= 11 is 0. The van der Waals surface area contributed by atoms with Crippen molar-refractivity contribution in [2.75, 3.05) is 6.54 Å². The van der Waals surface area contributed by atoms with Crippen molar-refractivity contribution in [3.05, 3.63) is 23.7 Å². The zero-order valence-corrected chi connectivity index (χ0v) is 9.39. The van der Waals surface area contributed by atoms with Crippen molar-refractivity contribution in [1.82, 2.24) is 5.32 Å². The van der Waals surface area contributed by atoms with Crippen LogP contribution in [0.25, 0.3) is 0 Å². The maximum absolute atomic E-state index is 12.2. The number of halogens is 3. The molecule has 0 radical (unpaired) electrons. The summed E-state index contributed by atoms with van der Waals surface area (Å²) in [5, 5.41) is 2.50. The number of carbonyl (C=O) groups is 1. The molecule has 0 aliphatic carbocycles. The highest BCUT2D eigenvalue weighted by atomic mass is 19.4. The van der Waals surface area contributed by atoms with E-state index in [0.29, 0.717) is 6.07 Å². The highest BCUT2D eigenvalue weighted by Crippen LogP contribution is 2.30. The van der Waals surface area contributed by atoms with E-state index in [0.717, 1.165) is 6.26 Å². The summed E-state index contributed by atoms with van der Waals surface area (Å²) in [5.74, 6) is -1.85. The van der Waals surface area contributed by atoms with Crippen molar-refractivity contribution in [3.63, 3.8) is 0 Å². The fourth-order valence-electron chi connectivity index (χ4n) is 1.03. The van der Waals surface area contributed by atoms with Gasteiger partial charge in [-0.15, -0.1) is 0 Å². The van der Waals surface area contributed by atoms with Crippen LogP contribution in [0.15, 0.2) is 16.7 Å². The van der Waals surface area contributed by atoms with Crippen molar-refractivity contribution in [3.8, 4) is 0 Å². The Balaban J connectivity index is 2.81. The molecule has 0 unspecified atom stereocenters. The number of alkyl halides is 3. The first-order chi connectivity index (χ1) is 7.65. The lowest BCUT2D eigenvalue weighted by Gasteiger charge is -2.23. The predicted octanol–water partition coefficient (Wildman–Crippen LogP) is 1.77. The van der Waals surface area contributed by atoms with Gasteiger partial charge in [0, 0.05) is 18.2 Å². The van der Waals surface area contributed by atoms with Crippen LogP contribution in [0.5, 0.6) is 0 Å². The van der Waals surface area contributed by atoms with Gasteiger partial charge in [0.15, 0.2) is 0 Å². The van der Waals surface area contributed by atoms with Crippen LogP contribution in [0.4, 0.5) is 13.2 Å². The number of nitrogens with two attached hydrogens (primary N) is 1. The van der Waals surface area contributed by atoms with Gasteiger partial charge < -0.3 is 15.5 Å². The smallest absolute Gasteiger partial charge is 0.449 e. The van der Waals surface area contributed by atoms with Crippen LogP contribution in [0.1, 0.15) is 30.0 Å². The Kier molecular flexibility index (Phi) is 3.51. The van der Waals surface area contributed by atoms with Gasteiger partial charge in [0.25, 0.3) is 5.91 Å². The van der Waals surface area contributed by atoms with Crippen molar-refractivity contribution in [2.45, 2.75) is 25.6 Å². The fraction of sp³-hybridized carbons (Fsp3) is 0.500. The van der Waals surface area contributed by atoms with Gasteiger partial charge in [-0.3, -0.25) is 4.79 Å². The second-order valence-corrected chi connectivity index (χ2v) is 4.24. The molecule has 1 heterocycles. The van der Waals surface area contributed by atoms with E-state index in [1.54, 1.807) is 13.8 Å². The number of hydrogen-bond donors (Lipinski definition) is 2. The van der Waals surface area contributed by atoms with Gasteiger partial charge in [-0.1, -0.05) is 0 Å². The number of rotatable bonds is 3. The maximum atomic E-state index is 12.2. The Hall–Kier alpha value is -1.50. The number of carbonyl (C=O) groups excluding carboxylic acids is 1. The normalized spacial score (nSPS) is 12.6. The number of furan rings is 1. The van der Waals surface area contributed by atoms with Crippen LogP contribution in [0, 0.1) is 0 Å². The van der Waals surface area contributed by atoms with Crippen molar-refractivity contribution in [2.24, 2.45) is 5.73 Å². The van der Waals surface area contributed by atoms with Gasteiger partial charge in [0.2, 0.25) is 5.76 Å². The molecule has 0 fully saturated rings. The average molecular weight is 250 g/mol. The fourth-order valence-corrected chi connectivity index (χ4v) is 1.03. The molecule has 7 heteroatoms. The quantitative estimate of drug-likeness (QED) is 0.859. The maximum Gasteiger partial charge on any atom is 0.449 e. The lowest BCUT2D eigenvalue weighted by molar-refractivity contribution is -0.153. The lowest BCUT2D eigenvalue weighted by Crippen LogP contribution is -2.48. The molecule has 1 amide bonds. The van der Waals surface area contributed by atoms with Crippen molar-refractivity contribution in [1.29, 1.82) is 0 Å². The molecule has 0 aliphatic heterocycles. The largest absolute Gasteiger partial charge is 0.459 e. The van der Waals surface area contributed by atoms with Crippen LogP contribution in [0.2, 0.25) is 0 Å². The first kappa shape index (κ1) is 13.6. The zero-order chi connectivity index (χ0) is 13.3. The van der Waals surface area contributed by atoms with Gasteiger partial charge in [0.05, 0.1) is 5.56 Å². The van der Waals surface area contributed by atoms with Crippen LogP contribution < -0.4 is 11.1 Å². The SMILES string of the molecule is CC(C)(CN)NC(=O)c1coc(C(F)(F)F)c1. The molecular weight excluding hydrogens is 237 g/mol. The molecule has 3 N–H and O–H groups in total. The first-order valence-electron chi connectivity index (χ1n) is 4.84. The summed E-state index contributed by atoms with van der Waals surface area (Å²) < 4.78 is 41.0. The molecule has 0 aliphatic rings. The van der Waals surface area contributed by atoms with Crippen LogP contribution in [-0.4, -0.2) is 18.0 Å². The molecule has 0 saturated carbocycles. The van der Waals surface area contributed by atoms with Crippen LogP contribution in [-0.2, 0) is 6.18 Å². The third-order valence-corrected chi connectivity index (χ3v) is 2.10. The standard InChI is InChI=1S/C10H13F3N2O2/c1-9(2,5-14)15-8(16)6-3-7(17-4-6)10(11,12)13/h3-4H,5,14H2,1-2H3,(H,15,16). The molecule has 96 valence electrons. The molecule has 17 heavy (non-hydrogen) atoms. The first-order valence-corrected chi connectivity index (χ1v) is 4.84. The molecule has 1 aromatic rings. The molecule has 0 aromatic carbocycles. The van der Waals surface area contributed by atoms with E-state index in [4.69, 9.17) is 5.73 Å². The Morgan fingerprint density at radius 1 is 1.47 bits per heavy atom. The average Bonchev–Trinajstić information content (AvgIpc) is 2.65. The minimum Gasteiger partial charge on any atom is -0.459 e. The summed E-state index contributed by atoms with van der Waals surface area (Å²) in [4.78, 5) is 11.6. The molecule has 1 rings (SSSR count). The number of nitrogens with one attached hydrogen (secondary N) is 1. The summed E-state index contributed by atoms with van der Waals surface area (Å²) in [7, 11) is 0. The van der Waals surface area contributed by atoms with E-state index in [-0.39, 0.29) is 12.1 Å². The topological polar surface area (TPSA) is 68.3 Å². The summed E-state index contributed by atoms with van der Waals surface area (Å²) in [6.07, 6.45) is -3.83. The molecule has 0 spiro atoms. The Morgan fingerprint density at radius 3 is 2.47 bits per heavy atom. The molecule has 0 atom stereocenters. The minimum atomic E-state index is -4.60. The van der Waals surface area contributed by atoms with Gasteiger partial charge in [0.1, 0.15) is 6.26 Å². The van der Waals surface area contributed by atoms with Crippen molar-refractivity contribution < 1.29 is 22.4 Å². The number of amides is 1. The Bertz CT molecular complexity index is 410. The van der Waals surface area contributed by atoms with Crippen molar-refractivity contribution >= 4 is 5.91 Å². The molecule has 0 saturated heterocycles. The second kappa shape index (κ2) is 4.40. The molecule has 4 nitrogen and oxygen atoms in total. The third-order valence-electron chi connectivity index (χ3n) is 2.10. The van der Waals surface area contributed by atoms with E-state index in [2.05, 4.69) is 9.73 Å². The van der Waals surface area contributed by atoms with Crippen LogP contribution >= 0.6 is 0 Å². The highest BCUT2D eigenvalue weighted by Gasteiger charge is 2.35. The van der Waals surface area contributed by atoms with Gasteiger partial charge in [-0.2, -0.15) is 13.2 Å². The van der Waals surface area contributed by atoms with E-state index in [1.165, 1.54) is 0 Å². The highest BCUT2D eigenvalue weighted by molar-refractivity contribution is 5.94. The Labute approximate surface area is 96.0 Å². The third kappa shape index (κ3) is 3.48. The predicted molar refractivity (Wildman–Crippen MR) is 54.3 cm³/mol. The second-order valence-electron chi connectivity index (χ2n) is 4.24. The van der Waals surface area contributed by atoms with E-state index >= 15 is 0 Å². The van der Waals surface area contributed by atoms with E-state index < -0.39 is 23.4 Å². The Morgan fingerprint density at radius 2 is 2.06 bits per heavy atom. The number of hydrogen-bond acceptors (Lipinski definition) is 3. The van der Waals surface area contributed by atoms with Crippen LogP contribution in [0.3, 0.4) is 0 Å². The minimum absolute atomic E-state index is 0.169. The summed E-state index contributed by atoms with van der Waals surface area (Å²) in [6.45, 7) is 3.49. The lowest BCUT2D eigenvalue weighted by atomic mass is 10.1. The van der Waals surface area contributed by atoms with Gasteiger partial charge in [-0.05, 0) is 13.8 Å². The monoisotopic (exact) mass is 250 g/mol. The molecular formula is C10H13F3N2O2. The zero-order valence-electron chi connectivity index (χ0n) is 9.39. The van der Waals surface area contributed by atoms with E-state index in [1.807, 2.05) is 0 Å². The molecule has 0 bridgehead atoms. The van der Waals surface area contributed by atoms with E-state index in [9.17, 15) is 18.0 Å². The molecule has 1 aromatic heterocycles. The van der Waals surface area contributed by atoms with Gasteiger partial charge >= 0.3 is 6.18 Å². The summed E-state index contributed by atoms with van der Waals surface area (Å²) in [5.41, 5.74) is 4.52. The summed E-state index contributed by atoms with van der Waals surface area (Å²) in [6, 6.07) is 0.655.